The molecule has 0 saturated carbocycles. The normalized spacial score (nSPS) is 22.0. The largest absolute Gasteiger partial charge is 0.480 e. The highest BCUT2D eigenvalue weighted by atomic mass is 35.5. The number of benzene rings is 1. The van der Waals surface area contributed by atoms with E-state index in [4.69, 9.17) is 22.1 Å². The van der Waals surface area contributed by atoms with Gasteiger partial charge in [0.05, 0.1) is 16.8 Å². The molecule has 0 radical (unpaired) electrons. The minimum Gasteiger partial charge on any atom is -0.480 e. The Morgan fingerprint density at radius 2 is 2.20 bits per heavy atom. The van der Waals surface area contributed by atoms with Crippen LogP contribution in [0.4, 0.5) is 5.69 Å². The number of nitrogens with zero attached hydrogens (tertiary/aromatic N) is 1. The monoisotopic (exact) mass is 298 g/mol. The number of carboxylic acids is 1. The van der Waals surface area contributed by atoms with Gasteiger partial charge in [0.1, 0.15) is 6.04 Å². The van der Waals surface area contributed by atoms with Crippen molar-refractivity contribution in [3.63, 3.8) is 0 Å². The van der Waals surface area contributed by atoms with Crippen LogP contribution in [0.3, 0.4) is 0 Å². The first kappa shape index (κ1) is 14.6. The highest BCUT2D eigenvalue weighted by Crippen LogP contribution is 2.33. The number of carbonyl (C=O) groups is 2. The molecule has 2 rings (SSSR count). The summed E-state index contributed by atoms with van der Waals surface area (Å²) in [6, 6.07) is 3.88. The maximum Gasteiger partial charge on any atom is 0.326 e. The Hall–Kier alpha value is -1.79. The van der Waals surface area contributed by atoms with Gasteiger partial charge in [-0.2, -0.15) is 0 Å². The van der Waals surface area contributed by atoms with E-state index >= 15 is 0 Å². The predicted molar refractivity (Wildman–Crippen MR) is 74.2 cm³/mol. The predicted octanol–water partition coefficient (Wildman–Crippen LogP) is 1.12. The number of methoxy groups -OCH3 is 1. The molecule has 1 aliphatic rings. The second-order valence-electron chi connectivity index (χ2n) is 4.63. The molecule has 3 N–H and O–H groups in total. The van der Waals surface area contributed by atoms with Gasteiger partial charge in [-0.25, -0.2) is 4.79 Å². The molecule has 20 heavy (non-hydrogen) atoms. The fourth-order valence-electron chi connectivity index (χ4n) is 2.36. The second kappa shape index (κ2) is 5.68. The summed E-state index contributed by atoms with van der Waals surface area (Å²) in [5.74, 6) is -1.51. The molecule has 2 atom stereocenters. The van der Waals surface area contributed by atoms with Crippen LogP contribution in [0.1, 0.15) is 16.8 Å². The van der Waals surface area contributed by atoms with Crippen molar-refractivity contribution in [3.8, 4) is 0 Å². The first-order chi connectivity index (χ1) is 9.43. The number of ether oxygens (including phenoxy) is 1. The highest BCUT2D eigenvalue weighted by molar-refractivity contribution is 6.33. The fraction of sp³-hybridized carbons (Fsp3) is 0.385. The molecule has 0 bridgehead atoms. The van der Waals surface area contributed by atoms with Gasteiger partial charge in [0.25, 0.3) is 0 Å². The van der Waals surface area contributed by atoms with Crippen molar-refractivity contribution in [1.82, 2.24) is 0 Å². The summed E-state index contributed by atoms with van der Waals surface area (Å²) in [5, 5.41) is 9.57. The molecule has 108 valence electrons. The summed E-state index contributed by atoms with van der Waals surface area (Å²) in [4.78, 5) is 24.1. The maximum atomic E-state index is 11.3. The van der Waals surface area contributed by atoms with E-state index in [0.29, 0.717) is 23.7 Å². The van der Waals surface area contributed by atoms with Crippen LogP contribution < -0.4 is 10.6 Å². The zero-order valence-corrected chi connectivity index (χ0v) is 11.6. The maximum absolute atomic E-state index is 11.3. The van der Waals surface area contributed by atoms with Crippen molar-refractivity contribution >= 4 is 29.2 Å². The van der Waals surface area contributed by atoms with Gasteiger partial charge >= 0.3 is 5.97 Å². The van der Waals surface area contributed by atoms with E-state index in [0.717, 1.165) is 0 Å². The molecule has 1 amide bonds. The number of anilines is 1. The highest BCUT2D eigenvalue weighted by Gasteiger charge is 2.37. The van der Waals surface area contributed by atoms with Gasteiger partial charge in [-0.3, -0.25) is 4.79 Å². The zero-order chi connectivity index (χ0) is 14.9. The lowest BCUT2D eigenvalue weighted by atomic mass is 10.1. The van der Waals surface area contributed by atoms with Crippen LogP contribution in [-0.2, 0) is 9.53 Å². The Labute approximate surface area is 121 Å². The van der Waals surface area contributed by atoms with E-state index in [1.165, 1.54) is 12.1 Å². The molecular formula is C13H15ClN2O4. The van der Waals surface area contributed by atoms with Crippen LogP contribution in [0.2, 0.25) is 5.02 Å². The molecule has 1 heterocycles. The molecule has 7 heteroatoms. The van der Waals surface area contributed by atoms with Crippen LogP contribution >= 0.6 is 11.6 Å². The number of aliphatic carboxylic acids is 1. The number of amides is 1. The van der Waals surface area contributed by atoms with Gasteiger partial charge in [-0.05, 0) is 18.2 Å². The Balaban J connectivity index is 2.34. The minimum absolute atomic E-state index is 0.164. The lowest BCUT2D eigenvalue weighted by Crippen LogP contribution is -2.36. The van der Waals surface area contributed by atoms with Gasteiger partial charge in [-0.1, -0.05) is 11.6 Å². The van der Waals surface area contributed by atoms with Crippen LogP contribution in [-0.4, -0.2) is 42.8 Å². The quantitative estimate of drug-likeness (QED) is 0.869. The molecule has 6 nitrogen and oxygen atoms in total. The summed E-state index contributed by atoms with van der Waals surface area (Å²) in [6.07, 6.45) is 0.225. The van der Waals surface area contributed by atoms with Crippen LogP contribution in [0.5, 0.6) is 0 Å². The third kappa shape index (κ3) is 2.71. The summed E-state index contributed by atoms with van der Waals surface area (Å²) >= 11 is 6.13. The average molecular weight is 299 g/mol. The number of nitrogens with two attached hydrogens (primary N) is 1. The topological polar surface area (TPSA) is 92.9 Å². The fourth-order valence-corrected chi connectivity index (χ4v) is 2.65. The van der Waals surface area contributed by atoms with Crippen molar-refractivity contribution < 1.29 is 19.4 Å². The molecule has 0 aliphatic carbocycles. The first-order valence-corrected chi connectivity index (χ1v) is 6.43. The second-order valence-corrected chi connectivity index (χ2v) is 5.04. The number of hydrogen-bond donors (Lipinski definition) is 2. The van der Waals surface area contributed by atoms with Gasteiger partial charge in [0.15, 0.2) is 0 Å². The van der Waals surface area contributed by atoms with E-state index in [1.54, 1.807) is 18.1 Å². The molecule has 1 aliphatic heterocycles. The van der Waals surface area contributed by atoms with E-state index in [-0.39, 0.29) is 11.7 Å². The summed E-state index contributed by atoms with van der Waals surface area (Å²) in [6.45, 7) is 0.434. The molecule has 1 saturated heterocycles. The summed E-state index contributed by atoms with van der Waals surface area (Å²) < 4.78 is 5.22. The SMILES string of the molecule is COC1CC(C(=O)O)N(c2ccc(C(N)=O)cc2Cl)C1. The number of carboxylic acid groups (broad SMARTS) is 1. The number of carbonyl (C=O) groups excluding carboxylic acids is 1. The van der Waals surface area contributed by atoms with E-state index < -0.39 is 17.9 Å². The van der Waals surface area contributed by atoms with Crippen LogP contribution in [0.25, 0.3) is 0 Å². The first-order valence-electron chi connectivity index (χ1n) is 6.05. The number of hydrogen-bond acceptors (Lipinski definition) is 4. The van der Waals surface area contributed by atoms with E-state index in [9.17, 15) is 14.7 Å². The van der Waals surface area contributed by atoms with Gasteiger partial charge in [0, 0.05) is 25.6 Å². The molecule has 1 fully saturated rings. The van der Waals surface area contributed by atoms with Gasteiger partial charge < -0.3 is 20.5 Å². The van der Waals surface area contributed by atoms with Crippen molar-refractivity contribution in [3.05, 3.63) is 28.8 Å². The third-order valence-corrected chi connectivity index (χ3v) is 3.73. The minimum atomic E-state index is -0.931. The average Bonchev–Trinajstić information content (AvgIpc) is 2.82. The zero-order valence-electron chi connectivity index (χ0n) is 10.9. The van der Waals surface area contributed by atoms with Crippen LogP contribution in [0.15, 0.2) is 18.2 Å². The van der Waals surface area contributed by atoms with Crippen molar-refractivity contribution in [1.29, 1.82) is 0 Å². The lowest BCUT2D eigenvalue weighted by molar-refractivity contribution is -0.138. The van der Waals surface area contributed by atoms with Crippen molar-refractivity contribution in [2.75, 3.05) is 18.6 Å². The summed E-state index contributed by atoms with van der Waals surface area (Å²) in [7, 11) is 1.55. The Bertz CT molecular complexity index is 549. The molecule has 0 aromatic heterocycles. The standard InChI is InChI=1S/C13H15ClN2O4/c1-20-8-5-11(13(18)19)16(6-8)10-3-2-7(12(15)17)4-9(10)14/h2-4,8,11H,5-6H2,1H3,(H2,15,17)(H,18,19). The number of halogens is 1. The molecule has 1 aromatic rings. The van der Waals surface area contributed by atoms with Gasteiger partial charge in [0.2, 0.25) is 5.91 Å². The van der Waals surface area contributed by atoms with E-state index in [1.807, 2.05) is 0 Å². The third-order valence-electron chi connectivity index (χ3n) is 3.42. The molecular weight excluding hydrogens is 284 g/mol. The lowest BCUT2D eigenvalue weighted by Gasteiger charge is -2.24. The Morgan fingerprint density at radius 3 is 2.70 bits per heavy atom. The Morgan fingerprint density at radius 1 is 1.50 bits per heavy atom. The molecule has 1 aromatic carbocycles. The smallest absolute Gasteiger partial charge is 0.326 e. The summed E-state index contributed by atoms with van der Waals surface area (Å²) in [5.41, 5.74) is 6.02. The number of rotatable bonds is 4. The Kier molecular flexibility index (Phi) is 4.15. The van der Waals surface area contributed by atoms with Crippen molar-refractivity contribution in [2.24, 2.45) is 5.73 Å². The molecule has 0 spiro atoms. The molecule has 2 unspecified atom stereocenters. The van der Waals surface area contributed by atoms with E-state index in [2.05, 4.69) is 0 Å². The number of primary amides is 1. The van der Waals surface area contributed by atoms with Crippen LogP contribution in [0, 0.1) is 0 Å². The van der Waals surface area contributed by atoms with Crippen molar-refractivity contribution in [2.45, 2.75) is 18.6 Å². The van der Waals surface area contributed by atoms with Gasteiger partial charge in [-0.15, -0.1) is 0 Å².